The monoisotopic (exact) mass is 418 g/mol. The van der Waals surface area contributed by atoms with E-state index in [1.807, 2.05) is 48.5 Å². The average Bonchev–Trinajstić information content (AvgIpc) is 3.28. The molecule has 31 heavy (non-hydrogen) atoms. The normalized spacial score (nSPS) is 10.4. The third-order valence-electron chi connectivity index (χ3n) is 4.51. The number of H-pyrrole nitrogens is 1. The van der Waals surface area contributed by atoms with Crippen molar-refractivity contribution >= 4 is 23.1 Å². The third-order valence-corrected chi connectivity index (χ3v) is 4.51. The maximum Gasteiger partial charge on any atom is 0.246 e. The lowest BCUT2D eigenvalue weighted by Gasteiger charge is -2.12. The number of benzene rings is 2. The van der Waals surface area contributed by atoms with Gasteiger partial charge in [-0.2, -0.15) is 4.98 Å². The van der Waals surface area contributed by atoms with Gasteiger partial charge in [-0.25, -0.2) is 4.98 Å². The molecule has 0 amide bonds. The standard InChI is InChI=1S/C22H22N6O3/c1-29-16-8-6-14(7-9-16)25-22-26-21(27-28-22)19-5-4-10-23-20(19)24-15-11-17(30-2)13-18(12-15)31-3/h4-13H,1-3H3,(H,23,24)(H2,25,26,27,28). The number of methoxy groups -OCH3 is 3. The van der Waals surface area contributed by atoms with E-state index in [1.165, 1.54) is 0 Å². The van der Waals surface area contributed by atoms with Gasteiger partial charge in [0.05, 0.1) is 26.9 Å². The fourth-order valence-corrected chi connectivity index (χ4v) is 2.95. The number of anilines is 4. The van der Waals surface area contributed by atoms with Crippen molar-refractivity contribution < 1.29 is 14.2 Å². The smallest absolute Gasteiger partial charge is 0.246 e. The van der Waals surface area contributed by atoms with Crippen LogP contribution in [0.5, 0.6) is 17.2 Å². The van der Waals surface area contributed by atoms with E-state index in [9.17, 15) is 0 Å². The quantitative estimate of drug-likeness (QED) is 0.387. The number of aromatic amines is 1. The van der Waals surface area contributed by atoms with Gasteiger partial charge in [-0.3, -0.25) is 5.10 Å². The molecule has 0 aliphatic heterocycles. The molecule has 0 radical (unpaired) electrons. The number of pyridine rings is 1. The molecular formula is C22H22N6O3. The molecule has 2 aromatic carbocycles. The van der Waals surface area contributed by atoms with Crippen LogP contribution in [0.4, 0.5) is 23.1 Å². The van der Waals surface area contributed by atoms with Crippen molar-refractivity contribution in [1.29, 1.82) is 0 Å². The Morgan fingerprint density at radius 3 is 2.16 bits per heavy atom. The number of aromatic nitrogens is 4. The molecule has 3 N–H and O–H groups in total. The van der Waals surface area contributed by atoms with Crippen molar-refractivity contribution in [1.82, 2.24) is 20.2 Å². The minimum absolute atomic E-state index is 0.443. The molecule has 0 bridgehead atoms. The number of hydrogen-bond donors (Lipinski definition) is 3. The zero-order valence-electron chi connectivity index (χ0n) is 17.3. The SMILES string of the molecule is COc1ccc(Nc2n[nH]c(-c3cccnc3Nc3cc(OC)cc(OC)c3)n2)cc1. The van der Waals surface area contributed by atoms with Crippen LogP contribution in [0.2, 0.25) is 0 Å². The lowest BCUT2D eigenvalue weighted by atomic mass is 10.2. The highest BCUT2D eigenvalue weighted by Crippen LogP contribution is 2.31. The molecule has 2 heterocycles. The van der Waals surface area contributed by atoms with Gasteiger partial charge in [-0.05, 0) is 36.4 Å². The minimum Gasteiger partial charge on any atom is -0.497 e. The minimum atomic E-state index is 0.443. The van der Waals surface area contributed by atoms with Gasteiger partial charge in [-0.15, -0.1) is 5.10 Å². The van der Waals surface area contributed by atoms with Gasteiger partial charge < -0.3 is 24.8 Å². The molecule has 0 spiro atoms. The van der Waals surface area contributed by atoms with Gasteiger partial charge >= 0.3 is 0 Å². The summed E-state index contributed by atoms with van der Waals surface area (Å²) in [6.45, 7) is 0. The van der Waals surface area contributed by atoms with Crippen LogP contribution in [0, 0.1) is 0 Å². The van der Waals surface area contributed by atoms with Gasteiger partial charge in [0.2, 0.25) is 5.95 Å². The van der Waals surface area contributed by atoms with Gasteiger partial charge in [0.1, 0.15) is 23.1 Å². The Morgan fingerprint density at radius 2 is 1.48 bits per heavy atom. The van der Waals surface area contributed by atoms with Gasteiger partial charge in [-0.1, -0.05) is 0 Å². The van der Waals surface area contributed by atoms with Gasteiger partial charge in [0, 0.05) is 35.8 Å². The summed E-state index contributed by atoms with van der Waals surface area (Å²) in [5.74, 6) is 3.75. The Kier molecular flexibility index (Phi) is 5.84. The molecular weight excluding hydrogens is 396 g/mol. The summed E-state index contributed by atoms with van der Waals surface area (Å²) in [6.07, 6.45) is 1.70. The van der Waals surface area contributed by atoms with Crippen molar-refractivity contribution in [2.75, 3.05) is 32.0 Å². The summed E-state index contributed by atoms with van der Waals surface area (Å²) in [6, 6.07) is 16.8. The average molecular weight is 418 g/mol. The molecule has 0 fully saturated rings. The van der Waals surface area contributed by atoms with E-state index in [2.05, 4.69) is 30.8 Å². The first-order chi connectivity index (χ1) is 15.2. The zero-order chi connectivity index (χ0) is 21.6. The predicted molar refractivity (Wildman–Crippen MR) is 119 cm³/mol. The van der Waals surface area contributed by atoms with E-state index in [4.69, 9.17) is 14.2 Å². The summed E-state index contributed by atoms with van der Waals surface area (Å²) in [5.41, 5.74) is 2.38. The van der Waals surface area contributed by atoms with Crippen molar-refractivity contribution in [2.45, 2.75) is 0 Å². The molecule has 158 valence electrons. The number of nitrogens with zero attached hydrogens (tertiary/aromatic N) is 3. The first kappa shape index (κ1) is 20.0. The second-order valence-electron chi connectivity index (χ2n) is 6.49. The molecule has 0 aliphatic carbocycles. The summed E-state index contributed by atoms with van der Waals surface area (Å²) in [5, 5.41) is 13.7. The van der Waals surface area contributed by atoms with Crippen molar-refractivity contribution in [3.05, 3.63) is 60.8 Å². The molecule has 2 aromatic heterocycles. The van der Waals surface area contributed by atoms with Crippen LogP contribution in [0.25, 0.3) is 11.4 Å². The van der Waals surface area contributed by atoms with E-state index in [1.54, 1.807) is 33.6 Å². The summed E-state index contributed by atoms with van der Waals surface area (Å²) in [4.78, 5) is 9.01. The second kappa shape index (κ2) is 9.04. The number of ether oxygens (including phenoxy) is 3. The molecule has 0 atom stereocenters. The molecule has 4 aromatic rings. The summed E-state index contributed by atoms with van der Waals surface area (Å²) >= 11 is 0. The predicted octanol–water partition coefficient (Wildman–Crippen LogP) is 4.38. The van der Waals surface area contributed by atoms with Crippen LogP contribution in [0.3, 0.4) is 0 Å². The van der Waals surface area contributed by atoms with Crippen LogP contribution in [-0.2, 0) is 0 Å². The molecule has 0 saturated carbocycles. The van der Waals surface area contributed by atoms with E-state index in [0.717, 1.165) is 22.7 Å². The van der Waals surface area contributed by atoms with Crippen molar-refractivity contribution in [3.8, 4) is 28.6 Å². The molecule has 0 saturated heterocycles. The molecule has 9 nitrogen and oxygen atoms in total. The summed E-state index contributed by atoms with van der Waals surface area (Å²) in [7, 11) is 4.85. The van der Waals surface area contributed by atoms with Crippen LogP contribution < -0.4 is 24.8 Å². The lowest BCUT2D eigenvalue weighted by molar-refractivity contribution is 0.395. The van der Waals surface area contributed by atoms with Crippen LogP contribution in [-0.4, -0.2) is 41.5 Å². The topological polar surface area (TPSA) is 106 Å². The van der Waals surface area contributed by atoms with Gasteiger partial charge in [0.25, 0.3) is 0 Å². The van der Waals surface area contributed by atoms with Crippen molar-refractivity contribution in [3.63, 3.8) is 0 Å². The first-order valence-electron chi connectivity index (χ1n) is 9.47. The van der Waals surface area contributed by atoms with Gasteiger partial charge in [0.15, 0.2) is 5.82 Å². The van der Waals surface area contributed by atoms with Crippen LogP contribution >= 0.6 is 0 Å². The maximum absolute atomic E-state index is 5.34. The molecule has 9 heteroatoms. The van der Waals surface area contributed by atoms with Crippen molar-refractivity contribution in [2.24, 2.45) is 0 Å². The van der Waals surface area contributed by atoms with E-state index >= 15 is 0 Å². The Balaban J connectivity index is 1.57. The van der Waals surface area contributed by atoms with E-state index in [0.29, 0.717) is 29.1 Å². The number of hydrogen-bond acceptors (Lipinski definition) is 8. The Labute approximate surface area is 179 Å². The Hall–Kier alpha value is -4.27. The van der Waals surface area contributed by atoms with Crippen LogP contribution in [0.1, 0.15) is 0 Å². The lowest BCUT2D eigenvalue weighted by Crippen LogP contribution is -1.98. The first-order valence-corrected chi connectivity index (χ1v) is 9.47. The highest BCUT2D eigenvalue weighted by atomic mass is 16.5. The largest absolute Gasteiger partial charge is 0.497 e. The summed E-state index contributed by atoms with van der Waals surface area (Å²) < 4.78 is 15.9. The maximum atomic E-state index is 5.34. The molecule has 0 aliphatic rings. The number of nitrogens with one attached hydrogen (secondary N) is 3. The fourth-order valence-electron chi connectivity index (χ4n) is 2.95. The number of rotatable bonds is 8. The van der Waals surface area contributed by atoms with E-state index in [-0.39, 0.29) is 0 Å². The second-order valence-corrected chi connectivity index (χ2v) is 6.49. The molecule has 0 unspecified atom stereocenters. The van der Waals surface area contributed by atoms with E-state index < -0.39 is 0 Å². The fraction of sp³-hybridized carbons (Fsp3) is 0.136. The van der Waals surface area contributed by atoms with Crippen LogP contribution in [0.15, 0.2) is 60.8 Å². The molecule has 4 rings (SSSR count). The Bertz CT molecular complexity index is 1140. The highest BCUT2D eigenvalue weighted by Gasteiger charge is 2.13. The zero-order valence-corrected chi connectivity index (χ0v) is 17.3. The highest BCUT2D eigenvalue weighted by molar-refractivity contribution is 5.75. The third kappa shape index (κ3) is 4.67. The Morgan fingerprint density at radius 1 is 0.774 bits per heavy atom.